The van der Waals surface area contributed by atoms with Crippen molar-refractivity contribution in [1.29, 1.82) is 0 Å². The first-order valence-electron chi connectivity index (χ1n) is 8.00. The second-order valence-electron chi connectivity index (χ2n) is 5.75. The van der Waals surface area contributed by atoms with Crippen LogP contribution in [-0.2, 0) is 11.2 Å². The van der Waals surface area contributed by atoms with Crippen LogP contribution in [0.3, 0.4) is 0 Å². The Balaban J connectivity index is 1.72. The predicted octanol–water partition coefficient (Wildman–Crippen LogP) is 3.46. The highest BCUT2D eigenvalue weighted by molar-refractivity contribution is 6.32. The normalized spacial score (nSPS) is 14.3. The molecular formula is C17H20ClN3O3. The van der Waals surface area contributed by atoms with E-state index in [0.717, 1.165) is 12.0 Å². The fourth-order valence-corrected chi connectivity index (χ4v) is 2.86. The second kappa shape index (κ2) is 7.13. The highest BCUT2D eigenvalue weighted by Crippen LogP contribution is 2.38. The van der Waals surface area contributed by atoms with Gasteiger partial charge in [-0.2, -0.15) is 5.10 Å². The van der Waals surface area contributed by atoms with Gasteiger partial charge in [-0.05, 0) is 31.0 Å². The van der Waals surface area contributed by atoms with Gasteiger partial charge in [0.2, 0.25) is 5.91 Å². The lowest BCUT2D eigenvalue weighted by atomic mass is 10.1. The Morgan fingerprint density at radius 3 is 3.00 bits per heavy atom. The SMILES string of the molecule is CCC(C)n1nccc1NC(=O)Cc1cc(Cl)c2c(c1)OCCO2. The molecule has 7 heteroatoms. The third-order valence-electron chi connectivity index (χ3n) is 3.97. The lowest BCUT2D eigenvalue weighted by Gasteiger charge is -2.20. The molecule has 0 saturated carbocycles. The van der Waals surface area contributed by atoms with Crippen molar-refractivity contribution in [2.24, 2.45) is 0 Å². The maximum Gasteiger partial charge on any atom is 0.229 e. The highest BCUT2D eigenvalue weighted by Gasteiger charge is 2.18. The molecule has 0 saturated heterocycles. The molecule has 128 valence electrons. The number of carbonyl (C=O) groups excluding carboxylic acids is 1. The van der Waals surface area contributed by atoms with E-state index < -0.39 is 0 Å². The average molecular weight is 350 g/mol. The Hall–Kier alpha value is -2.21. The number of hydrogen-bond acceptors (Lipinski definition) is 4. The summed E-state index contributed by atoms with van der Waals surface area (Å²) in [4.78, 5) is 12.4. The van der Waals surface area contributed by atoms with Gasteiger partial charge < -0.3 is 14.8 Å². The molecule has 1 aromatic heterocycles. The van der Waals surface area contributed by atoms with Crippen molar-refractivity contribution in [1.82, 2.24) is 9.78 Å². The van der Waals surface area contributed by atoms with Crippen LogP contribution in [0.25, 0.3) is 0 Å². The van der Waals surface area contributed by atoms with Crippen LogP contribution in [0.5, 0.6) is 11.5 Å². The molecule has 2 aromatic rings. The first kappa shape index (κ1) is 16.6. The predicted molar refractivity (Wildman–Crippen MR) is 92.0 cm³/mol. The second-order valence-corrected chi connectivity index (χ2v) is 6.15. The Morgan fingerprint density at radius 1 is 1.42 bits per heavy atom. The highest BCUT2D eigenvalue weighted by atomic mass is 35.5. The molecule has 3 rings (SSSR count). The number of hydrogen-bond donors (Lipinski definition) is 1. The molecule has 1 atom stereocenters. The number of carbonyl (C=O) groups is 1. The number of amides is 1. The van der Waals surface area contributed by atoms with Crippen LogP contribution in [0.15, 0.2) is 24.4 Å². The minimum atomic E-state index is -0.132. The summed E-state index contributed by atoms with van der Waals surface area (Å²) >= 11 is 6.21. The molecule has 1 aromatic carbocycles. The lowest BCUT2D eigenvalue weighted by molar-refractivity contribution is -0.115. The molecule has 0 spiro atoms. The van der Waals surface area contributed by atoms with Crippen LogP contribution in [0.4, 0.5) is 5.82 Å². The fraction of sp³-hybridized carbons (Fsp3) is 0.412. The van der Waals surface area contributed by atoms with Crippen LogP contribution in [0, 0.1) is 0 Å². The smallest absolute Gasteiger partial charge is 0.229 e. The van der Waals surface area contributed by atoms with Gasteiger partial charge in [-0.3, -0.25) is 4.79 Å². The summed E-state index contributed by atoms with van der Waals surface area (Å²) in [7, 11) is 0. The minimum Gasteiger partial charge on any atom is -0.486 e. The molecule has 0 radical (unpaired) electrons. The number of halogens is 1. The summed E-state index contributed by atoms with van der Waals surface area (Å²) in [6.45, 7) is 5.09. The Bertz CT molecular complexity index is 745. The summed E-state index contributed by atoms with van der Waals surface area (Å²) in [6.07, 6.45) is 2.81. The number of ether oxygens (including phenoxy) is 2. The van der Waals surface area contributed by atoms with Gasteiger partial charge in [0.15, 0.2) is 11.5 Å². The van der Waals surface area contributed by atoms with E-state index in [0.29, 0.717) is 35.6 Å². The summed E-state index contributed by atoms with van der Waals surface area (Å²) in [5.74, 6) is 1.69. The molecule has 6 nitrogen and oxygen atoms in total. The lowest BCUT2D eigenvalue weighted by Crippen LogP contribution is -2.19. The van der Waals surface area contributed by atoms with Crippen molar-refractivity contribution in [3.05, 3.63) is 35.0 Å². The van der Waals surface area contributed by atoms with E-state index in [2.05, 4.69) is 24.3 Å². The number of benzene rings is 1. The van der Waals surface area contributed by atoms with E-state index in [1.807, 2.05) is 4.68 Å². The maximum atomic E-state index is 12.4. The third kappa shape index (κ3) is 3.48. The van der Waals surface area contributed by atoms with E-state index in [1.54, 1.807) is 24.4 Å². The Morgan fingerprint density at radius 2 is 2.21 bits per heavy atom. The van der Waals surface area contributed by atoms with Gasteiger partial charge in [0.1, 0.15) is 19.0 Å². The van der Waals surface area contributed by atoms with Crippen molar-refractivity contribution < 1.29 is 14.3 Å². The number of aromatic nitrogens is 2. The molecule has 2 heterocycles. The molecule has 1 aliphatic heterocycles. The van der Waals surface area contributed by atoms with Gasteiger partial charge in [-0.25, -0.2) is 4.68 Å². The molecule has 0 fully saturated rings. The Labute approximate surface area is 145 Å². The zero-order valence-corrected chi connectivity index (χ0v) is 14.5. The molecular weight excluding hydrogens is 330 g/mol. The number of nitrogens with zero attached hydrogens (tertiary/aromatic N) is 2. The van der Waals surface area contributed by atoms with Crippen molar-refractivity contribution in [3.8, 4) is 11.5 Å². The van der Waals surface area contributed by atoms with Gasteiger partial charge >= 0.3 is 0 Å². The summed E-state index contributed by atoms with van der Waals surface area (Å²) in [6, 6.07) is 5.55. The molecule has 1 amide bonds. The van der Waals surface area contributed by atoms with E-state index in [9.17, 15) is 4.79 Å². The number of rotatable bonds is 5. The van der Waals surface area contributed by atoms with Crippen molar-refractivity contribution in [2.75, 3.05) is 18.5 Å². The van der Waals surface area contributed by atoms with Crippen LogP contribution >= 0.6 is 11.6 Å². The van der Waals surface area contributed by atoms with Crippen molar-refractivity contribution in [3.63, 3.8) is 0 Å². The average Bonchev–Trinajstić information content (AvgIpc) is 3.02. The topological polar surface area (TPSA) is 65.4 Å². The van der Waals surface area contributed by atoms with Crippen LogP contribution < -0.4 is 14.8 Å². The number of anilines is 1. The van der Waals surface area contributed by atoms with Gasteiger partial charge in [0, 0.05) is 6.07 Å². The third-order valence-corrected chi connectivity index (χ3v) is 4.25. The monoisotopic (exact) mass is 349 g/mol. The van der Waals surface area contributed by atoms with E-state index in [1.165, 1.54) is 0 Å². The van der Waals surface area contributed by atoms with Gasteiger partial charge in [0.05, 0.1) is 23.7 Å². The standard InChI is InChI=1S/C17H20ClN3O3/c1-3-11(2)21-15(4-5-19-21)20-16(22)10-12-8-13(18)17-14(9-12)23-6-7-24-17/h4-5,8-9,11H,3,6-7,10H2,1-2H3,(H,20,22). The zero-order chi connectivity index (χ0) is 17.1. The van der Waals surface area contributed by atoms with E-state index >= 15 is 0 Å². The molecule has 1 aliphatic rings. The van der Waals surface area contributed by atoms with Crippen LogP contribution in [-0.4, -0.2) is 28.9 Å². The van der Waals surface area contributed by atoms with Crippen molar-refractivity contribution >= 4 is 23.3 Å². The minimum absolute atomic E-state index is 0.132. The summed E-state index contributed by atoms with van der Waals surface area (Å²) in [5, 5.41) is 7.62. The van der Waals surface area contributed by atoms with E-state index in [-0.39, 0.29) is 18.4 Å². The maximum absolute atomic E-state index is 12.4. The zero-order valence-electron chi connectivity index (χ0n) is 13.7. The van der Waals surface area contributed by atoms with Gasteiger partial charge in [-0.15, -0.1) is 0 Å². The number of fused-ring (bicyclic) bond motifs is 1. The summed E-state index contributed by atoms with van der Waals surface area (Å²) < 4.78 is 12.8. The molecule has 24 heavy (non-hydrogen) atoms. The molecule has 0 aliphatic carbocycles. The van der Waals surface area contributed by atoms with Gasteiger partial charge in [-0.1, -0.05) is 18.5 Å². The summed E-state index contributed by atoms with van der Waals surface area (Å²) in [5.41, 5.74) is 0.774. The largest absolute Gasteiger partial charge is 0.486 e. The van der Waals surface area contributed by atoms with Crippen LogP contribution in [0.1, 0.15) is 31.9 Å². The van der Waals surface area contributed by atoms with Gasteiger partial charge in [0.25, 0.3) is 0 Å². The molecule has 0 bridgehead atoms. The first-order valence-corrected chi connectivity index (χ1v) is 8.37. The van der Waals surface area contributed by atoms with Crippen LogP contribution in [0.2, 0.25) is 5.02 Å². The number of nitrogens with one attached hydrogen (secondary N) is 1. The Kier molecular flexibility index (Phi) is 4.94. The molecule has 1 N–H and O–H groups in total. The quantitative estimate of drug-likeness (QED) is 0.897. The molecule has 1 unspecified atom stereocenters. The van der Waals surface area contributed by atoms with Crippen molar-refractivity contribution in [2.45, 2.75) is 32.7 Å². The van der Waals surface area contributed by atoms with E-state index in [4.69, 9.17) is 21.1 Å². The fourth-order valence-electron chi connectivity index (χ4n) is 2.58. The first-order chi connectivity index (χ1) is 11.6.